The fourth-order valence-corrected chi connectivity index (χ4v) is 4.05. The number of nitrogens with one attached hydrogen (secondary N) is 1. The van der Waals surface area contributed by atoms with E-state index < -0.39 is 0 Å². The van der Waals surface area contributed by atoms with Crippen LogP contribution in [0, 0.1) is 0 Å². The number of allylic oxidation sites excluding steroid dienone is 3. The molecule has 1 N–H and O–H groups in total. The highest BCUT2D eigenvalue weighted by atomic mass is 16.1. The van der Waals surface area contributed by atoms with E-state index in [1.54, 1.807) is 6.08 Å². The second kappa shape index (κ2) is 11.1. The first-order chi connectivity index (χ1) is 16.6. The molecular weight excluding hydrogens is 414 g/mol. The topological polar surface area (TPSA) is 29.1 Å². The second-order valence-corrected chi connectivity index (χ2v) is 8.47. The highest BCUT2D eigenvalue weighted by molar-refractivity contribution is 6.32. The molecule has 168 valence electrons. The lowest BCUT2D eigenvalue weighted by Crippen LogP contribution is -2.23. The predicted octanol–water partition coefficient (Wildman–Crippen LogP) is 7.47. The molecule has 4 rings (SSSR count). The molecule has 0 amide bonds. The zero-order valence-electron chi connectivity index (χ0n) is 19.6. The van der Waals surface area contributed by atoms with Gasteiger partial charge in [-0.15, -0.1) is 0 Å². The number of rotatable bonds is 8. The summed E-state index contributed by atoms with van der Waals surface area (Å²) in [5, 5.41) is 3.79. The van der Waals surface area contributed by atoms with E-state index in [0.29, 0.717) is 5.57 Å². The second-order valence-electron chi connectivity index (χ2n) is 8.47. The number of carbonyl (C=O) groups excluding carboxylic acids is 1. The predicted molar refractivity (Wildman–Crippen MR) is 142 cm³/mol. The summed E-state index contributed by atoms with van der Waals surface area (Å²) >= 11 is 0. The summed E-state index contributed by atoms with van der Waals surface area (Å²) in [5.74, 6) is -0.0163. The normalized spacial score (nSPS) is 11.5. The lowest BCUT2D eigenvalue weighted by Gasteiger charge is -2.25. The van der Waals surface area contributed by atoms with Crippen molar-refractivity contribution in [3.63, 3.8) is 0 Å². The minimum atomic E-state index is -0.129. The summed E-state index contributed by atoms with van der Waals surface area (Å²) in [6.45, 7) is 3.90. The number of benzene rings is 4. The molecule has 0 radical (unpaired) electrons. The minimum Gasteiger partial charge on any atom is -0.373 e. The Kier molecular flexibility index (Phi) is 7.52. The maximum absolute atomic E-state index is 13.6. The monoisotopic (exact) mass is 443 g/mol. The average Bonchev–Trinajstić information content (AvgIpc) is 2.88. The fourth-order valence-electron chi connectivity index (χ4n) is 4.05. The van der Waals surface area contributed by atoms with E-state index >= 15 is 0 Å². The summed E-state index contributed by atoms with van der Waals surface area (Å²) in [4.78, 5) is 13.6. The van der Waals surface area contributed by atoms with E-state index in [0.717, 1.165) is 33.5 Å². The first kappa shape index (κ1) is 23.0. The molecule has 0 atom stereocenters. The smallest absolute Gasteiger partial charge is 0.188 e. The van der Waals surface area contributed by atoms with E-state index in [9.17, 15) is 4.79 Å². The van der Waals surface area contributed by atoms with Crippen LogP contribution in [0.4, 0.5) is 0 Å². The molecule has 0 aliphatic heterocycles. The van der Waals surface area contributed by atoms with Gasteiger partial charge in [-0.2, -0.15) is 0 Å². The van der Waals surface area contributed by atoms with Crippen LogP contribution in [0.15, 0.2) is 133 Å². The van der Waals surface area contributed by atoms with Gasteiger partial charge < -0.3 is 5.32 Å². The summed E-state index contributed by atoms with van der Waals surface area (Å²) in [6, 6.07) is 40.6. The largest absolute Gasteiger partial charge is 0.373 e. The van der Waals surface area contributed by atoms with Crippen molar-refractivity contribution in [2.45, 2.75) is 19.9 Å². The molecule has 0 fully saturated rings. The molecule has 2 nitrogen and oxygen atoms in total. The zero-order valence-corrected chi connectivity index (χ0v) is 19.6. The molecular formula is C32H29NO. The van der Waals surface area contributed by atoms with E-state index in [1.807, 2.05) is 111 Å². The maximum Gasteiger partial charge on any atom is 0.188 e. The van der Waals surface area contributed by atoms with Gasteiger partial charge in [-0.3, -0.25) is 4.79 Å². The standard InChI is InChI=1S/C32H29NO/c1-24(2)23-29(34)30(25-15-7-3-8-16-25)32(28-21-13-6-14-22-28)33-31(26-17-9-4-10-18-26)27-19-11-5-12-20-27/h3-23,31,33H,1-2H3/b32-30-. The third kappa shape index (κ3) is 5.60. The molecule has 0 aromatic heterocycles. The molecule has 2 heteroatoms. The molecule has 0 heterocycles. The highest BCUT2D eigenvalue weighted by Gasteiger charge is 2.22. The summed E-state index contributed by atoms with van der Waals surface area (Å²) in [7, 11) is 0. The van der Waals surface area contributed by atoms with Gasteiger partial charge in [-0.25, -0.2) is 0 Å². The van der Waals surface area contributed by atoms with Crippen molar-refractivity contribution in [1.29, 1.82) is 0 Å². The molecule has 4 aromatic rings. The lowest BCUT2D eigenvalue weighted by molar-refractivity contribution is -0.109. The van der Waals surface area contributed by atoms with Gasteiger partial charge in [0.05, 0.1) is 17.3 Å². The van der Waals surface area contributed by atoms with E-state index in [2.05, 4.69) is 29.6 Å². The minimum absolute atomic E-state index is 0.0163. The van der Waals surface area contributed by atoms with E-state index in [1.165, 1.54) is 0 Å². The van der Waals surface area contributed by atoms with Crippen molar-refractivity contribution in [2.24, 2.45) is 0 Å². The van der Waals surface area contributed by atoms with Gasteiger partial charge in [0, 0.05) is 0 Å². The summed E-state index contributed by atoms with van der Waals surface area (Å²) in [6.07, 6.45) is 1.72. The Balaban J connectivity index is 1.97. The third-order valence-corrected chi connectivity index (χ3v) is 5.60. The van der Waals surface area contributed by atoms with Crippen molar-refractivity contribution >= 4 is 17.1 Å². The van der Waals surface area contributed by atoms with Crippen molar-refractivity contribution in [1.82, 2.24) is 5.32 Å². The Morgan fingerprint density at radius 1 is 0.618 bits per heavy atom. The molecule has 0 bridgehead atoms. The summed E-state index contributed by atoms with van der Waals surface area (Å²) < 4.78 is 0. The van der Waals surface area contributed by atoms with Crippen LogP contribution in [-0.2, 0) is 4.79 Å². The number of hydrogen-bond acceptors (Lipinski definition) is 2. The van der Waals surface area contributed by atoms with Crippen molar-refractivity contribution < 1.29 is 4.79 Å². The van der Waals surface area contributed by atoms with Crippen LogP contribution in [-0.4, -0.2) is 5.78 Å². The average molecular weight is 444 g/mol. The molecule has 0 saturated carbocycles. The maximum atomic E-state index is 13.6. The van der Waals surface area contributed by atoms with Gasteiger partial charge in [-0.1, -0.05) is 127 Å². The van der Waals surface area contributed by atoms with Crippen LogP contribution in [0.3, 0.4) is 0 Å². The first-order valence-electron chi connectivity index (χ1n) is 11.5. The van der Waals surface area contributed by atoms with Crippen LogP contribution in [0.1, 0.15) is 42.1 Å². The Morgan fingerprint density at radius 2 is 1.03 bits per heavy atom. The number of ketones is 1. The third-order valence-electron chi connectivity index (χ3n) is 5.60. The lowest BCUT2D eigenvalue weighted by atomic mass is 9.92. The van der Waals surface area contributed by atoms with Gasteiger partial charge in [-0.05, 0) is 42.2 Å². The Bertz CT molecular complexity index is 1230. The van der Waals surface area contributed by atoms with Gasteiger partial charge in [0.15, 0.2) is 5.78 Å². The molecule has 0 saturated heterocycles. The fraction of sp³-hybridized carbons (Fsp3) is 0.0938. The zero-order chi connectivity index (χ0) is 23.8. The van der Waals surface area contributed by atoms with Crippen LogP contribution in [0.25, 0.3) is 11.3 Å². The Morgan fingerprint density at radius 3 is 1.47 bits per heavy atom. The van der Waals surface area contributed by atoms with Crippen LogP contribution < -0.4 is 5.32 Å². The number of hydrogen-bond donors (Lipinski definition) is 1. The molecule has 4 aromatic carbocycles. The van der Waals surface area contributed by atoms with Gasteiger partial charge in [0.25, 0.3) is 0 Å². The van der Waals surface area contributed by atoms with Gasteiger partial charge in [0.1, 0.15) is 0 Å². The number of carbonyl (C=O) groups is 1. The molecule has 0 aliphatic rings. The van der Waals surface area contributed by atoms with Crippen molar-refractivity contribution in [2.75, 3.05) is 0 Å². The Hall–Kier alpha value is -4.17. The van der Waals surface area contributed by atoms with Crippen LogP contribution >= 0.6 is 0 Å². The van der Waals surface area contributed by atoms with Crippen molar-refractivity contribution in [3.05, 3.63) is 155 Å². The van der Waals surface area contributed by atoms with E-state index in [-0.39, 0.29) is 11.8 Å². The van der Waals surface area contributed by atoms with Gasteiger partial charge >= 0.3 is 0 Å². The summed E-state index contributed by atoms with van der Waals surface area (Å²) in [5.41, 5.74) is 6.55. The first-order valence-corrected chi connectivity index (χ1v) is 11.5. The molecule has 0 spiro atoms. The van der Waals surface area contributed by atoms with Gasteiger partial charge in [0.2, 0.25) is 0 Å². The molecule has 0 aliphatic carbocycles. The van der Waals surface area contributed by atoms with Crippen LogP contribution in [0.5, 0.6) is 0 Å². The quantitative estimate of drug-likeness (QED) is 0.226. The molecule has 34 heavy (non-hydrogen) atoms. The Labute approximate surface area is 202 Å². The SMILES string of the molecule is CC(C)=CC(=O)/C(=C(\NC(c1ccccc1)c1ccccc1)c1ccccc1)c1ccccc1. The highest BCUT2D eigenvalue weighted by Crippen LogP contribution is 2.31. The van der Waals surface area contributed by atoms with Crippen molar-refractivity contribution in [3.8, 4) is 0 Å². The molecule has 0 unspecified atom stereocenters. The van der Waals surface area contributed by atoms with Crippen LogP contribution in [0.2, 0.25) is 0 Å². The van der Waals surface area contributed by atoms with E-state index in [4.69, 9.17) is 0 Å².